The van der Waals surface area contributed by atoms with E-state index in [9.17, 15) is 4.79 Å². The number of halogens is 1. The highest BCUT2D eigenvalue weighted by atomic mass is 35.5. The summed E-state index contributed by atoms with van der Waals surface area (Å²) in [6.45, 7) is 1.66. The van der Waals surface area contributed by atoms with Crippen LogP contribution < -0.4 is 5.32 Å². The fourth-order valence-electron chi connectivity index (χ4n) is 1.94. The van der Waals surface area contributed by atoms with Gasteiger partial charge in [-0.1, -0.05) is 23.4 Å². The third-order valence-corrected chi connectivity index (χ3v) is 3.97. The van der Waals surface area contributed by atoms with Crippen LogP contribution in [0.1, 0.15) is 6.42 Å². The van der Waals surface area contributed by atoms with E-state index in [0.29, 0.717) is 17.3 Å². The van der Waals surface area contributed by atoms with Crippen LogP contribution in [0.4, 0.5) is 5.82 Å². The Morgan fingerprint density at radius 1 is 1.58 bits per heavy atom. The highest BCUT2D eigenvalue weighted by Gasteiger charge is 2.27. The summed E-state index contributed by atoms with van der Waals surface area (Å²) in [6.07, 6.45) is 1.88. The molecule has 1 aromatic rings. The zero-order valence-electron chi connectivity index (χ0n) is 9.97. The molecular weight excluding hydrogens is 284 g/mol. The van der Waals surface area contributed by atoms with Crippen molar-refractivity contribution in [1.82, 2.24) is 9.88 Å². The molecule has 0 radical (unpaired) electrons. The summed E-state index contributed by atoms with van der Waals surface area (Å²) in [5, 5.41) is 6.25. The summed E-state index contributed by atoms with van der Waals surface area (Å²) < 4.78 is 0. The molecule has 0 bridgehead atoms. The third-order valence-electron chi connectivity index (χ3n) is 2.78. The Kier molecular flexibility index (Phi) is 3.44. The Bertz CT molecular complexity index is 587. The number of hydrogen-bond donors (Lipinski definition) is 1. The number of amides is 1. The second kappa shape index (κ2) is 5.22. The van der Waals surface area contributed by atoms with E-state index < -0.39 is 0 Å². The second-order valence-corrected chi connectivity index (χ2v) is 5.40. The monoisotopic (exact) mass is 294 g/mol. The number of pyridine rings is 1. The van der Waals surface area contributed by atoms with Crippen molar-refractivity contribution in [2.24, 2.45) is 4.99 Å². The Morgan fingerprint density at radius 3 is 3.32 bits per heavy atom. The summed E-state index contributed by atoms with van der Waals surface area (Å²) in [6, 6.07) is 3.29. The van der Waals surface area contributed by atoms with Crippen molar-refractivity contribution in [3.05, 3.63) is 34.5 Å². The maximum atomic E-state index is 12.0. The average molecular weight is 295 g/mol. The second-order valence-electron chi connectivity index (χ2n) is 4.13. The summed E-state index contributed by atoms with van der Waals surface area (Å²) in [5.74, 6) is 0.369. The van der Waals surface area contributed by atoms with Crippen molar-refractivity contribution in [3.63, 3.8) is 0 Å². The van der Waals surface area contributed by atoms with Gasteiger partial charge in [-0.25, -0.2) is 4.98 Å². The lowest BCUT2D eigenvalue weighted by Crippen LogP contribution is -2.24. The average Bonchev–Trinajstić information content (AvgIpc) is 2.94. The molecular formula is C12H11ClN4OS. The topological polar surface area (TPSA) is 57.6 Å². The predicted octanol–water partition coefficient (Wildman–Crippen LogP) is 2.32. The number of rotatable bonds is 3. The first-order chi connectivity index (χ1) is 9.22. The molecule has 0 fully saturated rings. The van der Waals surface area contributed by atoms with E-state index in [-0.39, 0.29) is 5.91 Å². The van der Waals surface area contributed by atoms with Gasteiger partial charge in [0.1, 0.15) is 5.82 Å². The Labute approximate surface area is 119 Å². The lowest BCUT2D eigenvalue weighted by molar-refractivity contribution is -0.115. The molecule has 0 saturated heterocycles. The van der Waals surface area contributed by atoms with Crippen molar-refractivity contribution in [3.8, 4) is 0 Å². The SMILES string of the molecule is O=C(CC1=CSC2=NCCN12)Nc1cc(Cl)ccn1. The number of nitrogens with one attached hydrogen (secondary N) is 1. The van der Waals surface area contributed by atoms with E-state index in [1.807, 2.05) is 5.41 Å². The first-order valence-electron chi connectivity index (χ1n) is 5.81. The first kappa shape index (κ1) is 12.5. The fraction of sp³-hybridized carbons (Fsp3) is 0.250. The number of carbonyl (C=O) groups excluding carboxylic acids is 1. The fourth-order valence-corrected chi connectivity index (χ4v) is 3.05. The van der Waals surface area contributed by atoms with Crippen LogP contribution in [0.2, 0.25) is 5.02 Å². The van der Waals surface area contributed by atoms with E-state index in [4.69, 9.17) is 11.6 Å². The summed E-state index contributed by atoms with van der Waals surface area (Å²) in [4.78, 5) is 22.4. The number of fused-ring (bicyclic) bond motifs is 1. The van der Waals surface area contributed by atoms with Crippen LogP contribution in [0.25, 0.3) is 0 Å². The molecule has 0 atom stereocenters. The van der Waals surface area contributed by atoms with Gasteiger partial charge < -0.3 is 10.2 Å². The summed E-state index contributed by atoms with van der Waals surface area (Å²) in [7, 11) is 0. The van der Waals surface area contributed by atoms with Gasteiger partial charge in [0.05, 0.1) is 13.0 Å². The van der Waals surface area contributed by atoms with Gasteiger partial charge in [0.25, 0.3) is 0 Å². The number of thioether (sulfide) groups is 1. The zero-order valence-corrected chi connectivity index (χ0v) is 11.5. The van der Waals surface area contributed by atoms with Crippen molar-refractivity contribution in [1.29, 1.82) is 0 Å². The minimum Gasteiger partial charge on any atom is -0.322 e. The molecule has 0 spiro atoms. The predicted molar refractivity (Wildman–Crippen MR) is 77.2 cm³/mol. The van der Waals surface area contributed by atoms with E-state index in [0.717, 1.165) is 24.0 Å². The van der Waals surface area contributed by atoms with Crippen molar-refractivity contribution < 1.29 is 4.79 Å². The van der Waals surface area contributed by atoms with E-state index in [1.165, 1.54) is 0 Å². The molecule has 3 rings (SSSR count). The van der Waals surface area contributed by atoms with Gasteiger partial charge in [-0.3, -0.25) is 9.79 Å². The largest absolute Gasteiger partial charge is 0.322 e. The van der Waals surface area contributed by atoms with E-state index in [2.05, 4.69) is 20.2 Å². The lowest BCUT2D eigenvalue weighted by atomic mass is 10.3. The molecule has 1 N–H and O–H groups in total. The van der Waals surface area contributed by atoms with Crippen LogP contribution >= 0.6 is 23.4 Å². The van der Waals surface area contributed by atoms with Gasteiger partial charge in [-0.05, 0) is 17.5 Å². The van der Waals surface area contributed by atoms with Gasteiger partial charge >= 0.3 is 0 Å². The highest BCUT2D eigenvalue weighted by molar-refractivity contribution is 8.16. The van der Waals surface area contributed by atoms with Crippen LogP contribution in [0.3, 0.4) is 0 Å². The third kappa shape index (κ3) is 2.74. The molecule has 19 heavy (non-hydrogen) atoms. The molecule has 1 amide bonds. The molecule has 2 aliphatic rings. The molecule has 0 saturated carbocycles. The van der Waals surface area contributed by atoms with E-state index >= 15 is 0 Å². The van der Waals surface area contributed by atoms with E-state index in [1.54, 1.807) is 30.1 Å². The van der Waals surface area contributed by atoms with Crippen LogP contribution in [0.15, 0.2) is 34.4 Å². The number of aromatic nitrogens is 1. The maximum Gasteiger partial charge on any atom is 0.231 e. The van der Waals surface area contributed by atoms with Crippen molar-refractivity contribution in [2.75, 3.05) is 18.4 Å². The zero-order chi connectivity index (χ0) is 13.2. The lowest BCUT2D eigenvalue weighted by Gasteiger charge is -2.15. The van der Waals surface area contributed by atoms with Crippen LogP contribution in [0, 0.1) is 0 Å². The van der Waals surface area contributed by atoms with Gasteiger partial charge in [0.15, 0.2) is 5.17 Å². The smallest absolute Gasteiger partial charge is 0.231 e. The summed E-state index contributed by atoms with van der Waals surface area (Å²) in [5.41, 5.74) is 0.987. The molecule has 5 nitrogen and oxygen atoms in total. The molecule has 0 aromatic carbocycles. The number of nitrogens with zero attached hydrogens (tertiary/aromatic N) is 3. The van der Waals surface area contributed by atoms with Crippen molar-refractivity contribution >= 4 is 40.3 Å². The summed E-state index contributed by atoms with van der Waals surface area (Å²) >= 11 is 7.41. The standard InChI is InChI=1S/C12H11ClN4OS/c13-8-1-2-14-10(5-8)16-11(18)6-9-7-19-12-15-3-4-17(9)12/h1-2,5,7H,3-4,6H2,(H,14,16,18). The van der Waals surface area contributed by atoms with Gasteiger partial charge in [0, 0.05) is 23.5 Å². The minimum absolute atomic E-state index is 0.102. The van der Waals surface area contributed by atoms with Crippen LogP contribution in [-0.4, -0.2) is 34.0 Å². The maximum absolute atomic E-state index is 12.0. The Morgan fingerprint density at radius 2 is 2.47 bits per heavy atom. The Balaban J connectivity index is 1.62. The number of anilines is 1. The molecule has 0 aliphatic carbocycles. The normalized spacial score (nSPS) is 17.0. The number of amidine groups is 1. The number of carbonyl (C=O) groups is 1. The molecule has 0 unspecified atom stereocenters. The van der Waals surface area contributed by atoms with Gasteiger partial charge in [0.2, 0.25) is 5.91 Å². The molecule has 3 heterocycles. The van der Waals surface area contributed by atoms with Crippen LogP contribution in [-0.2, 0) is 4.79 Å². The van der Waals surface area contributed by atoms with Crippen LogP contribution in [0.5, 0.6) is 0 Å². The minimum atomic E-state index is -0.102. The quantitative estimate of drug-likeness (QED) is 0.929. The van der Waals surface area contributed by atoms with Crippen molar-refractivity contribution in [2.45, 2.75) is 6.42 Å². The van der Waals surface area contributed by atoms with Gasteiger partial charge in [-0.2, -0.15) is 0 Å². The number of aliphatic imine (C=N–C) groups is 1. The molecule has 2 aliphatic heterocycles. The molecule has 1 aromatic heterocycles. The molecule has 98 valence electrons. The number of hydrogen-bond acceptors (Lipinski definition) is 5. The van der Waals surface area contributed by atoms with Gasteiger partial charge in [-0.15, -0.1) is 0 Å². The molecule has 7 heteroatoms. The Hall–Kier alpha value is -1.53. The first-order valence-corrected chi connectivity index (χ1v) is 7.07. The highest BCUT2D eigenvalue weighted by Crippen LogP contribution is 2.30.